The highest BCUT2D eigenvalue weighted by atomic mass is 32.1. The molecule has 0 atom stereocenters. The SMILES string of the molecule is CCCCCc1cc2c(=O)n(CCc3cc(C#N)c(N)c(C#N)c3-c3cccs3)cnc2s1. The van der Waals surface area contributed by atoms with Gasteiger partial charge in [-0.3, -0.25) is 9.36 Å². The molecule has 1 aromatic carbocycles. The number of unbranched alkanes of at least 4 members (excludes halogenated alkanes) is 2. The van der Waals surface area contributed by atoms with Crippen LogP contribution in [0.1, 0.15) is 47.8 Å². The number of nitrogens with two attached hydrogens (primary N) is 1. The fraction of sp³-hybridized carbons (Fsp3) is 0.280. The maximum atomic E-state index is 13.1. The lowest BCUT2D eigenvalue weighted by Gasteiger charge is -2.14. The van der Waals surface area contributed by atoms with Crippen LogP contribution in [0, 0.1) is 22.7 Å². The predicted octanol–water partition coefficient (Wildman–Crippen LogP) is 5.49. The van der Waals surface area contributed by atoms with Gasteiger partial charge in [-0.1, -0.05) is 25.8 Å². The standard InChI is InChI=1S/C25H23N5OS2/c1-2-3-4-6-18-12-19-24(33-18)29-15-30(25(19)31)9-8-16-11-17(13-26)23(28)20(14-27)22(16)21-7-5-10-32-21/h5,7,10-12,15H,2-4,6,8-9,28H2,1H3. The molecular formula is C25H23N5OS2. The van der Waals surface area contributed by atoms with E-state index in [0.29, 0.717) is 23.9 Å². The molecule has 0 aliphatic heterocycles. The number of nitriles is 2. The highest BCUT2D eigenvalue weighted by Crippen LogP contribution is 2.36. The van der Waals surface area contributed by atoms with Crippen molar-refractivity contribution in [3.05, 3.63) is 67.9 Å². The van der Waals surface area contributed by atoms with Gasteiger partial charge in [0.05, 0.1) is 28.5 Å². The minimum absolute atomic E-state index is 0.0628. The van der Waals surface area contributed by atoms with Crippen LogP contribution in [0.25, 0.3) is 20.7 Å². The zero-order chi connectivity index (χ0) is 23.4. The summed E-state index contributed by atoms with van der Waals surface area (Å²) in [7, 11) is 0. The Balaban J connectivity index is 1.68. The highest BCUT2D eigenvalue weighted by Gasteiger charge is 2.19. The van der Waals surface area contributed by atoms with Gasteiger partial charge in [0.15, 0.2) is 0 Å². The molecule has 0 fully saturated rings. The van der Waals surface area contributed by atoms with Gasteiger partial charge in [-0.15, -0.1) is 22.7 Å². The van der Waals surface area contributed by atoms with E-state index in [-0.39, 0.29) is 16.8 Å². The minimum Gasteiger partial charge on any atom is -0.397 e. The third-order valence-electron chi connectivity index (χ3n) is 5.67. The van der Waals surface area contributed by atoms with Gasteiger partial charge in [-0.25, -0.2) is 4.98 Å². The first-order valence-corrected chi connectivity index (χ1v) is 12.5. The highest BCUT2D eigenvalue weighted by molar-refractivity contribution is 7.18. The fourth-order valence-corrected chi connectivity index (χ4v) is 5.78. The average molecular weight is 474 g/mol. The molecule has 0 bridgehead atoms. The van der Waals surface area contributed by atoms with Gasteiger partial charge in [-0.05, 0) is 48.4 Å². The molecule has 8 heteroatoms. The van der Waals surface area contributed by atoms with E-state index in [1.807, 2.05) is 23.6 Å². The quantitative estimate of drug-likeness (QED) is 0.269. The van der Waals surface area contributed by atoms with Crippen molar-refractivity contribution in [1.29, 1.82) is 10.5 Å². The average Bonchev–Trinajstić information content (AvgIpc) is 3.49. The van der Waals surface area contributed by atoms with Gasteiger partial charge in [0.1, 0.15) is 17.0 Å². The summed E-state index contributed by atoms with van der Waals surface area (Å²) in [6.45, 7) is 2.57. The topological polar surface area (TPSA) is 108 Å². The van der Waals surface area contributed by atoms with Crippen LogP contribution in [-0.4, -0.2) is 9.55 Å². The first-order valence-electron chi connectivity index (χ1n) is 10.8. The first-order chi connectivity index (χ1) is 16.1. The molecule has 4 rings (SSSR count). The fourth-order valence-electron chi connectivity index (χ4n) is 3.94. The second kappa shape index (κ2) is 9.99. The Morgan fingerprint density at radius 1 is 1.18 bits per heavy atom. The van der Waals surface area contributed by atoms with Crippen LogP contribution in [0.5, 0.6) is 0 Å². The third kappa shape index (κ3) is 4.54. The smallest absolute Gasteiger partial charge is 0.262 e. The molecule has 0 saturated carbocycles. The zero-order valence-corrected chi connectivity index (χ0v) is 19.9. The number of hydrogen-bond acceptors (Lipinski definition) is 7. The van der Waals surface area contributed by atoms with Crippen molar-refractivity contribution in [3.8, 4) is 22.6 Å². The number of rotatable bonds is 8. The van der Waals surface area contributed by atoms with E-state index >= 15 is 0 Å². The molecule has 6 nitrogen and oxygen atoms in total. The Morgan fingerprint density at radius 3 is 2.73 bits per heavy atom. The number of nitrogen functional groups attached to an aromatic ring is 1. The molecule has 3 aromatic heterocycles. The van der Waals surface area contributed by atoms with Crippen LogP contribution in [-0.2, 0) is 19.4 Å². The lowest BCUT2D eigenvalue weighted by atomic mass is 9.93. The second-order valence-corrected chi connectivity index (χ2v) is 9.89. The predicted molar refractivity (Wildman–Crippen MR) is 134 cm³/mol. The van der Waals surface area contributed by atoms with E-state index in [4.69, 9.17) is 5.73 Å². The molecular weight excluding hydrogens is 450 g/mol. The molecule has 0 aliphatic rings. The van der Waals surface area contributed by atoms with Crippen molar-refractivity contribution in [1.82, 2.24) is 9.55 Å². The third-order valence-corrected chi connectivity index (χ3v) is 7.66. The number of fused-ring (bicyclic) bond motifs is 1. The Morgan fingerprint density at radius 2 is 2.03 bits per heavy atom. The van der Waals surface area contributed by atoms with Crippen LogP contribution in [0.3, 0.4) is 0 Å². The van der Waals surface area contributed by atoms with Crippen molar-refractivity contribution in [2.24, 2.45) is 0 Å². The number of aryl methyl sites for hydroxylation is 3. The summed E-state index contributed by atoms with van der Waals surface area (Å²) >= 11 is 3.10. The maximum Gasteiger partial charge on any atom is 0.262 e. The van der Waals surface area contributed by atoms with Crippen molar-refractivity contribution in [2.75, 3.05) is 5.73 Å². The minimum atomic E-state index is -0.0628. The summed E-state index contributed by atoms with van der Waals surface area (Å²) in [4.78, 5) is 20.5. The van der Waals surface area contributed by atoms with Gasteiger partial charge >= 0.3 is 0 Å². The van der Waals surface area contributed by atoms with Crippen LogP contribution >= 0.6 is 22.7 Å². The number of nitrogens with zero attached hydrogens (tertiary/aromatic N) is 4. The number of anilines is 1. The normalized spacial score (nSPS) is 10.9. The molecule has 4 aromatic rings. The Kier molecular flexibility index (Phi) is 6.88. The molecule has 33 heavy (non-hydrogen) atoms. The van der Waals surface area contributed by atoms with E-state index in [2.05, 4.69) is 24.0 Å². The number of benzene rings is 1. The molecule has 0 radical (unpaired) electrons. The van der Waals surface area contributed by atoms with E-state index in [1.165, 1.54) is 22.6 Å². The molecule has 0 amide bonds. The Bertz CT molecular complexity index is 1430. The largest absolute Gasteiger partial charge is 0.397 e. The summed E-state index contributed by atoms with van der Waals surface area (Å²) in [6, 6.07) is 11.8. The molecule has 0 spiro atoms. The molecule has 2 N–H and O–H groups in total. The van der Waals surface area contributed by atoms with E-state index in [0.717, 1.165) is 40.1 Å². The van der Waals surface area contributed by atoms with Crippen molar-refractivity contribution in [3.63, 3.8) is 0 Å². The van der Waals surface area contributed by atoms with Gasteiger partial charge < -0.3 is 5.73 Å². The summed E-state index contributed by atoms with van der Waals surface area (Å²) < 4.78 is 1.61. The zero-order valence-electron chi connectivity index (χ0n) is 18.3. The molecule has 0 aliphatic carbocycles. The van der Waals surface area contributed by atoms with E-state index in [1.54, 1.807) is 28.3 Å². The van der Waals surface area contributed by atoms with Gasteiger partial charge in [-0.2, -0.15) is 10.5 Å². The van der Waals surface area contributed by atoms with E-state index < -0.39 is 0 Å². The summed E-state index contributed by atoms with van der Waals surface area (Å²) in [5.41, 5.74) is 8.38. The van der Waals surface area contributed by atoms with Crippen molar-refractivity contribution >= 4 is 38.6 Å². The molecule has 3 heterocycles. The van der Waals surface area contributed by atoms with Crippen molar-refractivity contribution < 1.29 is 0 Å². The monoisotopic (exact) mass is 473 g/mol. The van der Waals surface area contributed by atoms with Gasteiger partial charge in [0.2, 0.25) is 0 Å². The summed E-state index contributed by atoms with van der Waals surface area (Å²) in [5, 5.41) is 21.9. The molecule has 0 unspecified atom stereocenters. The van der Waals surface area contributed by atoms with Gasteiger partial charge in [0, 0.05) is 21.9 Å². The number of hydrogen-bond donors (Lipinski definition) is 1. The van der Waals surface area contributed by atoms with Gasteiger partial charge in [0.25, 0.3) is 5.56 Å². The number of aromatic nitrogens is 2. The van der Waals surface area contributed by atoms with Crippen molar-refractivity contribution in [2.45, 2.75) is 45.6 Å². The lowest BCUT2D eigenvalue weighted by molar-refractivity contribution is 0.663. The molecule has 0 saturated heterocycles. The summed E-state index contributed by atoms with van der Waals surface area (Å²) in [5.74, 6) is 0. The van der Waals surface area contributed by atoms with Crippen LogP contribution in [0.15, 0.2) is 40.8 Å². The Hall–Kier alpha value is -3.46. The lowest BCUT2D eigenvalue weighted by Crippen LogP contribution is -2.21. The van der Waals surface area contributed by atoms with Crippen LogP contribution in [0.4, 0.5) is 5.69 Å². The first kappa shape index (κ1) is 22.7. The second-order valence-electron chi connectivity index (χ2n) is 7.83. The Labute approximate surface area is 200 Å². The van der Waals surface area contributed by atoms with E-state index in [9.17, 15) is 15.3 Å². The molecule has 166 valence electrons. The van der Waals surface area contributed by atoms with Crippen LogP contribution in [0.2, 0.25) is 0 Å². The maximum absolute atomic E-state index is 13.1. The van der Waals surface area contributed by atoms with Crippen LogP contribution < -0.4 is 11.3 Å². The number of thiophene rings is 2. The summed E-state index contributed by atoms with van der Waals surface area (Å²) in [6.07, 6.45) is 6.48.